The number of aryl methyl sites for hydroxylation is 1. The summed E-state index contributed by atoms with van der Waals surface area (Å²) in [7, 11) is -4.13. The van der Waals surface area contributed by atoms with Crippen LogP contribution in [0.1, 0.15) is 11.3 Å². The van der Waals surface area contributed by atoms with Crippen molar-refractivity contribution in [3.63, 3.8) is 0 Å². The molecular formula is C24H17N5O9S. The van der Waals surface area contributed by atoms with Crippen molar-refractivity contribution >= 4 is 33.3 Å². The summed E-state index contributed by atoms with van der Waals surface area (Å²) < 4.78 is 30.8. The monoisotopic (exact) mass is 551 g/mol. The van der Waals surface area contributed by atoms with Crippen molar-refractivity contribution in [3.05, 3.63) is 114 Å². The van der Waals surface area contributed by atoms with Crippen molar-refractivity contribution in [2.24, 2.45) is 5.10 Å². The molecule has 4 aromatic rings. The highest BCUT2D eigenvalue weighted by Gasteiger charge is 2.32. The number of sulfonamides is 1. The Kier molecular flexibility index (Phi) is 7.17. The minimum absolute atomic E-state index is 0.0149. The lowest BCUT2D eigenvalue weighted by molar-refractivity contribution is -0.385. The molecule has 3 aromatic carbocycles. The van der Waals surface area contributed by atoms with Crippen molar-refractivity contribution < 1.29 is 27.6 Å². The van der Waals surface area contributed by atoms with Crippen molar-refractivity contribution in [3.8, 4) is 22.5 Å². The molecule has 1 heterocycles. The maximum absolute atomic E-state index is 12.6. The first-order valence-corrected chi connectivity index (χ1v) is 12.4. The Morgan fingerprint density at radius 3 is 1.95 bits per heavy atom. The van der Waals surface area contributed by atoms with E-state index in [0.29, 0.717) is 0 Å². The second kappa shape index (κ2) is 10.5. The van der Waals surface area contributed by atoms with E-state index in [1.165, 1.54) is 48.5 Å². The summed E-state index contributed by atoms with van der Waals surface area (Å²) in [5.74, 6) is -0.719. The molecule has 0 unspecified atom stereocenters. The number of nitrogens with zero attached hydrogens (tertiary/aromatic N) is 4. The molecular weight excluding hydrogens is 534 g/mol. The first kappa shape index (κ1) is 26.6. The third-order valence-corrected chi connectivity index (χ3v) is 6.68. The Morgan fingerprint density at radius 1 is 0.821 bits per heavy atom. The zero-order valence-corrected chi connectivity index (χ0v) is 20.7. The minimum Gasteiger partial charge on any atom is -0.447 e. The maximum Gasteiger partial charge on any atom is 0.324 e. The first-order valence-electron chi connectivity index (χ1n) is 10.9. The zero-order valence-electron chi connectivity index (χ0n) is 19.9. The maximum atomic E-state index is 12.6. The molecule has 1 aromatic heterocycles. The molecule has 0 radical (unpaired) electrons. The molecule has 0 amide bonds. The summed E-state index contributed by atoms with van der Waals surface area (Å²) in [4.78, 5) is 34.5. The number of rotatable bonds is 9. The molecule has 198 valence electrons. The van der Waals surface area contributed by atoms with Crippen LogP contribution in [0.5, 0.6) is 0 Å². The highest BCUT2D eigenvalue weighted by atomic mass is 32.2. The number of hydrogen-bond acceptors (Lipinski definition) is 10. The smallest absolute Gasteiger partial charge is 0.324 e. The molecule has 0 bridgehead atoms. The topological polar surface area (TPSA) is 201 Å². The fourth-order valence-corrected chi connectivity index (χ4v) is 4.43. The van der Waals surface area contributed by atoms with Crippen molar-refractivity contribution in [1.82, 2.24) is 4.83 Å². The molecule has 15 heteroatoms. The van der Waals surface area contributed by atoms with Gasteiger partial charge in [-0.05, 0) is 24.6 Å². The number of hydrogen-bond donors (Lipinski definition) is 1. The van der Waals surface area contributed by atoms with E-state index in [-0.39, 0.29) is 38.7 Å². The lowest BCUT2D eigenvalue weighted by Gasteiger charge is -2.03. The molecule has 0 aliphatic heterocycles. The first-order chi connectivity index (χ1) is 18.5. The molecule has 0 atom stereocenters. The number of furan rings is 1. The van der Waals surface area contributed by atoms with Gasteiger partial charge in [0.2, 0.25) is 5.76 Å². The molecule has 0 saturated carbocycles. The van der Waals surface area contributed by atoms with Gasteiger partial charge in [0.15, 0.2) is 0 Å². The van der Waals surface area contributed by atoms with Crippen LogP contribution in [0.25, 0.3) is 22.5 Å². The Balaban J connectivity index is 1.88. The quantitative estimate of drug-likeness (QED) is 0.169. The van der Waals surface area contributed by atoms with Crippen LogP contribution in [0.15, 0.2) is 87.2 Å². The average molecular weight is 551 g/mol. The van der Waals surface area contributed by atoms with Crippen LogP contribution in [0.4, 0.5) is 17.1 Å². The molecule has 1 N–H and O–H groups in total. The van der Waals surface area contributed by atoms with Gasteiger partial charge in [-0.1, -0.05) is 42.0 Å². The predicted molar refractivity (Wildman–Crippen MR) is 139 cm³/mol. The van der Waals surface area contributed by atoms with Gasteiger partial charge >= 0.3 is 5.69 Å². The molecule has 39 heavy (non-hydrogen) atoms. The van der Waals surface area contributed by atoms with E-state index in [2.05, 4.69) is 5.10 Å². The van der Waals surface area contributed by atoms with E-state index in [9.17, 15) is 38.8 Å². The summed E-state index contributed by atoms with van der Waals surface area (Å²) in [6, 6.07) is 15.9. The number of hydrazone groups is 1. The molecule has 0 aliphatic rings. The van der Waals surface area contributed by atoms with Crippen LogP contribution in [-0.2, 0) is 10.0 Å². The fraction of sp³-hybridized carbons (Fsp3) is 0.0417. The van der Waals surface area contributed by atoms with E-state index in [1.807, 2.05) is 4.83 Å². The third-order valence-electron chi connectivity index (χ3n) is 5.44. The molecule has 4 rings (SSSR count). The van der Waals surface area contributed by atoms with E-state index in [0.717, 1.165) is 23.9 Å². The average Bonchev–Trinajstić information content (AvgIpc) is 3.29. The zero-order chi connectivity index (χ0) is 28.3. The normalized spacial score (nSPS) is 11.4. The van der Waals surface area contributed by atoms with Crippen LogP contribution in [0.2, 0.25) is 0 Å². The predicted octanol–water partition coefficient (Wildman–Crippen LogP) is 4.96. The molecule has 0 saturated heterocycles. The lowest BCUT2D eigenvalue weighted by Crippen LogP contribution is -2.18. The minimum atomic E-state index is -4.13. The summed E-state index contributed by atoms with van der Waals surface area (Å²) in [5, 5.41) is 38.4. The molecule has 0 aliphatic carbocycles. The van der Waals surface area contributed by atoms with Crippen LogP contribution >= 0.6 is 0 Å². The number of nitrogens with one attached hydrogen (secondary N) is 1. The standard InChI is InChI=1S/C24H17N5O9S/c1-15-8-10-20(11-9-15)39(36,37)26-25-14-21-23(29(34)35)22(16-4-2-6-18(12-16)27(30)31)24(38-21)17-5-3-7-19(13-17)28(32)33/h2-14,26H,1H3/b25-14-. The Hall–Kier alpha value is -5.44. The van der Waals surface area contributed by atoms with Gasteiger partial charge in [-0.2, -0.15) is 18.4 Å². The van der Waals surface area contributed by atoms with Gasteiger partial charge in [-0.3, -0.25) is 30.3 Å². The summed E-state index contributed by atoms with van der Waals surface area (Å²) in [5.41, 5.74) is -0.699. The number of non-ortho nitro benzene ring substituents is 2. The van der Waals surface area contributed by atoms with Gasteiger partial charge in [0, 0.05) is 29.8 Å². The van der Waals surface area contributed by atoms with Gasteiger partial charge in [-0.15, -0.1) is 0 Å². The van der Waals surface area contributed by atoms with Gasteiger partial charge in [0.25, 0.3) is 21.4 Å². The largest absolute Gasteiger partial charge is 0.447 e. The number of nitro benzene ring substituents is 2. The van der Waals surface area contributed by atoms with E-state index in [4.69, 9.17) is 4.42 Å². The SMILES string of the molecule is Cc1ccc(S(=O)(=O)N/N=C\c2oc(-c3cccc([N+](=O)[O-])c3)c(-c3cccc([N+](=O)[O-])c3)c2[N+](=O)[O-])cc1. The van der Waals surface area contributed by atoms with Gasteiger partial charge in [0.1, 0.15) is 11.3 Å². The van der Waals surface area contributed by atoms with Crippen molar-refractivity contribution in [2.45, 2.75) is 11.8 Å². The highest BCUT2D eigenvalue weighted by molar-refractivity contribution is 7.89. The summed E-state index contributed by atoms with van der Waals surface area (Å²) in [6.45, 7) is 1.77. The Bertz CT molecular complexity index is 1750. The van der Waals surface area contributed by atoms with Crippen molar-refractivity contribution in [2.75, 3.05) is 0 Å². The number of benzene rings is 3. The van der Waals surface area contributed by atoms with Crippen LogP contribution in [-0.4, -0.2) is 29.4 Å². The second-order valence-corrected chi connectivity index (χ2v) is 9.72. The highest BCUT2D eigenvalue weighted by Crippen LogP contribution is 2.44. The lowest BCUT2D eigenvalue weighted by atomic mass is 9.99. The Morgan fingerprint density at radius 2 is 1.38 bits per heavy atom. The summed E-state index contributed by atoms with van der Waals surface area (Å²) in [6.07, 6.45) is 0.769. The number of nitro groups is 3. The fourth-order valence-electron chi connectivity index (χ4n) is 3.64. The van der Waals surface area contributed by atoms with E-state index >= 15 is 0 Å². The van der Waals surface area contributed by atoms with Gasteiger partial charge in [0.05, 0.1) is 25.9 Å². The van der Waals surface area contributed by atoms with Gasteiger partial charge < -0.3 is 4.42 Å². The molecule has 0 fully saturated rings. The molecule has 14 nitrogen and oxygen atoms in total. The van der Waals surface area contributed by atoms with Gasteiger partial charge in [-0.25, -0.2) is 0 Å². The summed E-state index contributed by atoms with van der Waals surface area (Å²) >= 11 is 0. The van der Waals surface area contributed by atoms with E-state index in [1.54, 1.807) is 19.1 Å². The van der Waals surface area contributed by atoms with E-state index < -0.39 is 36.2 Å². The third kappa shape index (κ3) is 5.62. The second-order valence-electron chi connectivity index (χ2n) is 8.06. The van der Waals surface area contributed by atoms with Crippen LogP contribution < -0.4 is 4.83 Å². The molecule has 0 spiro atoms. The van der Waals surface area contributed by atoms with Crippen LogP contribution in [0, 0.1) is 37.3 Å². The van der Waals surface area contributed by atoms with Crippen LogP contribution in [0.3, 0.4) is 0 Å². The van der Waals surface area contributed by atoms with Crippen molar-refractivity contribution in [1.29, 1.82) is 0 Å². The Labute approximate surface area is 219 Å².